The predicted molar refractivity (Wildman–Crippen MR) is 36.4 cm³/mol. The Balaban J connectivity index is 2.08. The molecule has 0 spiro atoms. The van der Waals surface area contributed by atoms with E-state index in [-0.39, 0.29) is 0 Å². The van der Waals surface area contributed by atoms with Gasteiger partial charge in [0.15, 0.2) is 0 Å². The third kappa shape index (κ3) is 2.30. The van der Waals surface area contributed by atoms with Crippen LogP contribution in [0.2, 0.25) is 0 Å². The first-order chi connectivity index (χ1) is 4.43. The van der Waals surface area contributed by atoms with Crippen molar-refractivity contribution in [3.63, 3.8) is 0 Å². The van der Waals surface area contributed by atoms with Crippen LogP contribution in [-0.2, 0) is 0 Å². The summed E-state index contributed by atoms with van der Waals surface area (Å²) in [4.78, 5) is 0. The second-order valence-electron chi connectivity index (χ2n) is 2.37. The maximum Gasteiger partial charge on any atom is 0.0446 e. The zero-order chi connectivity index (χ0) is 6.53. The Morgan fingerprint density at radius 3 is 2.89 bits per heavy atom. The topological polar surface area (TPSA) is 44.3 Å². The summed E-state index contributed by atoms with van der Waals surface area (Å²) in [5.74, 6) is 0. The molecule has 1 aliphatic rings. The Morgan fingerprint density at radius 2 is 2.33 bits per heavy atom. The molecule has 1 rings (SSSR count). The van der Waals surface area contributed by atoms with Crippen LogP contribution in [-0.4, -0.2) is 37.4 Å². The summed E-state index contributed by atoms with van der Waals surface area (Å²) < 4.78 is 0. The van der Waals surface area contributed by atoms with Crippen molar-refractivity contribution < 1.29 is 5.11 Å². The van der Waals surface area contributed by atoms with Gasteiger partial charge in [-0.25, -0.2) is 0 Å². The summed E-state index contributed by atoms with van der Waals surface area (Å²) in [5.41, 5.74) is 0. The molecule has 1 aliphatic heterocycles. The molecule has 1 saturated heterocycles. The molecule has 3 heteroatoms. The Morgan fingerprint density at radius 1 is 1.44 bits per heavy atom. The number of aliphatic hydroxyl groups excluding tert-OH is 1. The summed E-state index contributed by atoms with van der Waals surface area (Å²) in [7, 11) is 0. The first kappa shape index (κ1) is 6.99. The first-order valence-electron chi connectivity index (χ1n) is 3.48. The normalized spacial score (nSPS) is 28.3. The summed E-state index contributed by atoms with van der Waals surface area (Å²) in [6.45, 7) is 3.38. The lowest BCUT2D eigenvalue weighted by molar-refractivity contribution is 0.255. The number of aliphatic hydroxyl groups is 1. The SMILES string of the molecule is OCCC1CNCCN1. The van der Waals surface area contributed by atoms with Crippen molar-refractivity contribution >= 4 is 0 Å². The molecule has 3 N–H and O–H groups in total. The highest BCUT2D eigenvalue weighted by Crippen LogP contribution is 1.91. The zero-order valence-electron chi connectivity index (χ0n) is 5.56. The van der Waals surface area contributed by atoms with Gasteiger partial charge in [0.25, 0.3) is 0 Å². The molecular formula is C6H14N2O. The largest absolute Gasteiger partial charge is 0.396 e. The van der Waals surface area contributed by atoms with Crippen molar-refractivity contribution in [1.82, 2.24) is 10.6 Å². The fourth-order valence-electron chi connectivity index (χ4n) is 1.07. The first-order valence-corrected chi connectivity index (χ1v) is 3.48. The molecule has 0 bridgehead atoms. The van der Waals surface area contributed by atoms with Crippen LogP contribution in [0.1, 0.15) is 6.42 Å². The van der Waals surface area contributed by atoms with E-state index in [1.54, 1.807) is 0 Å². The van der Waals surface area contributed by atoms with Crippen LogP contribution in [0.25, 0.3) is 0 Å². The molecule has 0 aromatic heterocycles. The van der Waals surface area contributed by atoms with Gasteiger partial charge >= 0.3 is 0 Å². The summed E-state index contributed by atoms with van der Waals surface area (Å²) in [6.07, 6.45) is 0.868. The predicted octanol–water partition coefficient (Wildman–Crippen LogP) is -1.07. The van der Waals surface area contributed by atoms with Gasteiger partial charge in [0, 0.05) is 32.3 Å². The molecule has 3 nitrogen and oxygen atoms in total. The van der Waals surface area contributed by atoms with Gasteiger partial charge in [-0.05, 0) is 6.42 Å². The van der Waals surface area contributed by atoms with Crippen molar-refractivity contribution in [3.05, 3.63) is 0 Å². The van der Waals surface area contributed by atoms with Crippen molar-refractivity contribution in [2.75, 3.05) is 26.2 Å². The molecule has 0 amide bonds. The lowest BCUT2D eigenvalue weighted by atomic mass is 10.2. The lowest BCUT2D eigenvalue weighted by Crippen LogP contribution is -2.48. The van der Waals surface area contributed by atoms with E-state index in [9.17, 15) is 0 Å². The highest BCUT2D eigenvalue weighted by molar-refractivity contribution is 4.74. The molecule has 9 heavy (non-hydrogen) atoms. The Labute approximate surface area is 55.5 Å². The van der Waals surface area contributed by atoms with Crippen molar-refractivity contribution in [1.29, 1.82) is 0 Å². The summed E-state index contributed by atoms with van der Waals surface area (Å²) in [6, 6.07) is 0.490. The van der Waals surface area contributed by atoms with Crippen molar-refractivity contribution in [3.8, 4) is 0 Å². The quantitative estimate of drug-likeness (QED) is 0.446. The van der Waals surface area contributed by atoms with Gasteiger partial charge in [-0.3, -0.25) is 0 Å². The van der Waals surface area contributed by atoms with E-state index in [0.29, 0.717) is 12.6 Å². The Hall–Kier alpha value is -0.120. The van der Waals surface area contributed by atoms with Crippen LogP contribution in [0.3, 0.4) is 0 Å². The minimum Gasteiger partial charge on any atom is -0.396 e. The maximum absolute atomic E-state index is 8.55. The number of piperazine rings is 1. The molecule has 0 radical (unpaired) electrons. The van der Waals surface area contributed by atoms with Crippen LogP contribution in [0, 0.1) is 0 Å². The molecule has 54 valence electrons. The summed E-state index contributed by atoms with van der Waals surface area (Å²) in [5, 5.41) is 15.1. The van der Waals surface area contributed by atoms with E-state index < -0.39 is 0 Å². The average Bonchev–Trinajstić information content (AvgIpc) is 1.91. The van der Waals surface area contributed by atoms with E-state index in [0.717, 1.165) is 26.1 Å². The van der Waals surface area contributed by atoms with E-state index in [2.05, 4.69) is 10.6 Å². The fourth-order valence-corrected chi connectivity index (χ4v) is 1.07. The third-order valence-electron chi connectivity index (χ3n) is 1.60. The third-order valence-corrected chi connectivity index (χ3v) is 1.60. The second-order valence-corrected chi connectivity index (χ2v) is 2.37. The smallest absolute Gasteiger partial charge is 0.0446 e. The van der Waals surface area contributed by atoms with Gasteiger partial charge < -0.3 is 15.7 Å². The molecule has 1 unspecified atom stereocenters. The maximum atomic E-state index is 8.55. The molecule has 1 atom stereocenters. The zero-order valence-corrected chi connectivity index (χ0v) is 5.56. The van der Waals surface area contributed by atoms with Gasteiger partial charge in [-0.1, -0.05) is 0 Å². The van der Waals surface area contributed by atoms with E-state index in [1.165, 1.54) is 0 Å². The fraction of sp³-hybridized carbons (Fsp3) is 1.00. The van der Waals surface area contributed by atoms with Crippen LogP contribution < -0.4 is 10.6 Å². The highest BCUT2D eigenvalue weighted by Gasteiger charge is 2.09. The summed E-state index contributed by atoms with van der Waals surface area (Å²) >= 11 is 0. The second kappa shape index (κ2) is 3.82. The van der Waals surface area contributed by atoms with Crippen molar-refractivity contribution in [2.24, 2.45) is 0 Å². The van der Waals surface area contributed by atoms with E-state index in [4.69, 9.17) is 5.11 Å². The molecule has 0 saturated carbocycles. The van der Waals surface area contributed by atoms with Gasteiger partial charge in [0.05, 0.1) is 0 Å². The van der Waals surface area contributed by atoms with E-state index >= 15 is 0 Å². The van der Waals surface area contributed by atoms with Crippen LogP contribution >= 0.6 is 0 Å². The number of hydrogen-bond acceptors (Lipinski definition) is 3. The van der Waals surface area contributed by atoms with Gasteiger partial charge in [-0.15, -0.1) is 0 Å². The minimum absolute atomic E-state index is 0.291. The van der Waals surface area contributed by atoms with Crippen LogP contribution in [0.5, 0.6) is 0 Å². The molecular weight excluding hydrogens is 116 g/mol. The molecule has 0 aromatic carbocycles. The molecule has 1 fully saturated rings. The van der Waals surface area contributed by atoms with Gasteiger partial charge in [-0.2, -0.15) is 0 Å². The minimum atomic E-state index is 0.291. The molecule has 0 aromatic rings. The average molecular weight is 130 g/mol. The molecule has 1 heterocycles. The highest BCUT2D eigenvalue weighted by atomic mass is 16.3. The Kier molecular flexibility index (Phi) is 2.97. The van der Waals surface area contributed by atoms with Crippen molar-refractivity contribution in [2.45, 2.75) is 12.5 Å². The monoisotopic (exact) mass is 130 g/mol. The number of nitrogens with one attached hydrogen (secondary N) is 2. The number of rotatable bonds is 2. The molecule has 0 aliphatic carbocycles. The lowest BCUT2D eigenvalue weighted by Gasteiger charge is -2.23. The Bertz CT molecular complexity index is 68.7. The standard InChI is InChI=1S/C6H14N2O/c9-4-1-6-5-7-2-3-8-6/h6-9H,1-5H2. The van der Waals surface area contributed by atoms with E-state index in [1.807, 2.05) is 0 Å². The number of hydrogen-bond donors (Lipinski definition) is 3. The van der Waals surface area contributed by atoms with Crippen LogP contribution in [0.4, 0.5) is 0 Å². The van der Waals surface area contributed by atoms with Gasteiger partial charge in [0.1, 0.15) is 0 Å². The van der Waals surface area contributed by atoms with Crippen LogP contribution in [0.15, 0.2) is 0 Å². The van der Waals surface area contributed by atoms with Gasteiger partial charge in [0.2, 0.25) is 0 Å².